The maximum Gasteiger partial charge on any atom is 0.303 e. The van der Waals surface area contributed by atoms with Gasteiger partial charge in [-0.1, -0.05) is 37.3 Å². The van der Waals surface area contributed by atoms with Crippen LogP contribution in [0.25, 0.3) is 0 Å². The van der Waals surface area contributed by atoms with Gasteiger partial charge >= 0.3 is 5.97 Å². The second kappa shape index (κ2) is 11.5. The number of piperidine rings is 1. The summed E-state index contributed by atoms with van der Waals surface area (Å²) in [7, 11) is -2.06. The van der Waals surface area contributed by atoms with Gasteiger partial charge in [0.05, 0.1) is 17.7 Å². The monoisotopic (exact) mass is 529 g/mol. The van der Waals surface area contributed by atoms with Gasteiger partial charge in [0.1, 0.15) is 5.75 Å². The first-order valence-electron chi connectivity index (χ1n) is 12.6. The number of piperazine rings is 1. The van der Waals surface area contributed by atoms with Crippen molar-refractivity contribution in [3.8, 4) is 5.75 Å². The Kier molecular flexibility index (Phi) is 8.39. The van der Waals surface area contributed by atoms with Gasteiger partial charge in [-0.3, -0.25) is 9.59 Å². The summed E-state index contributed by atoms with van der Waals surface area (Å²) in [6.45, 7) is 6.17. The van der Waals surface area contributed by atoms with Gasteiger partial charge in [-0.2, -0.15) is 4.31 Å². The van der Waals surface area contributed by atoms with Gasteiger partial charge in [0.15, 0.2) is 0 Å². The van der Waals surface area contributed by atoms with Gasteiger partial charge in [0.25, 0.3) is 5.91 Å². The number of amides is 1. The van der Waals surface area contributed by atoms with E-state index >= 15 is 0 Å². The first kappa shape index (κ1) is 26.9. The van der Waals surface area contributed by atoms with E-state index < -0.39 is 22.1 Å². The van der Waals surface area contributed by atoms with Crippen molar-refractivity contribution in [3.05, 3.63) is 54.1 Å². The molecule has 2 fully saturated rings. The number of rotatable bonds is 7. The zero-order valence-corrected chi connectivity index (χ0v) is 22.4. The predicted octanol–water partition coefficient (Wildman–Crippen LogP) is 3.07. The third kappa shape index (κ3) is 6.07. The largest absolute Gasteiger partial charge is 0.495 e. The Hall–Kier alpha value is -3.11. The third-order valence-electron chi connectivity index (χ3n) is 6.95. The molecular weight excluding hydrogens is 494 g/mol. The summed E-state index contributed by atoms with van der Waals surface area (Å²) in [5.74, 6) is 0.113. The smallest absolute Gasteiger partial charge is 0.303 e. The minimum Gasteiger partial charge on any atom is -0.495 e. The summed E-state index contributed by atoms with van der Waals surface area (Å²) in [5, 5.41) is 0. The third-order valence-corrected chi connectivity index (χ3v) is 8.81. The van der Waals surface area contributed by atoms with Gasteiger partial charge in [-0.25, -0.2) is 8.42 Å². The number of esters is 1. The van der Waals surface area contributed by atoms with Crippen molar-refractivity contribution in [1.82, 2.24) is 9.21 Å². The predicted molar refractivity (Wildman–Crippen MR) is 140 cm³/mol. The highest BCUT2D eigenvalue weighted by molar-refractivity contribution is 7.89. The van der Waals surface area contributed by atoms with E-state index in [1.807, 2.05) is 11.0 Å². The van der Waals surface area contributed by atoms with Crippen LogP contribution in [0.15, 0.2) is 53.4 Å². The molecule has 2 aromatic carbocycles. The van der Waals surface area contributed by atoms with Crippen LogP contribution in [0.1, 0.15) is 38.4 Å². The quantitative estimate of drug-likeness (QED) is 0.509. The molecule has 2 heterocycles. The van der Waals surface area contributed by atoms with Crippen LogP contribution < -0.4 is 9.64 Å². The number of anilines is 1. The number of carbonyl (C=O) groups excluding carboxylic acids is 2. The molecule has 4 rings (SSSR count). The van der Waals surface area contributed by atoms with Crippen molar-refractivity contribution >= 4 is 27.6 Å². The summed E-state index contributed by atoms with van der Waals surface area (Å²) < 4.78 is 39.3. The van der Waals surface area contributed by atoms with E-state index in [0.29, 0.717) is 62.2 Å². The molecule has 0 radical (unpaired) electrons. The second-order valence-electron chi connectivity index (χ2n) is 9.66. The van der Waals surface area contributed by atoms with E-state index in [1.165, 1.54) is 6.92 Å². The lowest BCUT2D eigenvalue weighted by Gasteiger charge is -2.38. The van der Waals surface area contributed by atoms with Crippen molar-refractivity contribution in [1.29, 1.82) is 0 Å². The molecule has 2 aliphatic heterocycles. The van der Waals surface area contributed by atoms with Gasteiger partial charge in [-0.15, -0.1) is 0 Å². The fourth-order valence-electron chi connectivity index (χ4n) is 4.98. The van der Waals surface area contributed by atoms with Crippen molar-refractivity contribution < 1.29 is 27.5 Å². The molecule has 1 amide bonds. The number of ether oxygens (including phenoxy) is 2. The standard InChI is InChI=1S/C27H35N3O6S/c1-20-8-7-13-30(19-20)37(33,34)23-11-12-25(35-3)24(18-23)28-14-16-29(17-15-28)27(32)26(36-21(2)31)22-9-5-4-6-10-22/h4-6,9-12,18,20,26H,7-8,13-17,19H2,1-3H3/t20-,26+/m0/s1. The maximum absolute atomic E-state index is 13.4. The normalized spacial score (nSPS) is 19.8. The molecule has 2 atom stereocenters. The first-order chi connectivity index (χ1) is 17.7. The van der Waals surface area contributed by atoms with E-state index in [4.69, 9.17) is 9.47 Å². The number of hydrogen-bond acceptors (Lipinski definition) is 7. The Balaban J connectivity index is 1.51. The van der Waals surface area contributed by atoms with Crippen molar-refractivity contribution in [3.63, 3.8) is 0 Å². The molecule has 200 valence electrons. The van der Waals surface area contributed by atoms with Crippen LogP contribution in [0.2, 0.25) is 0 Å². The number of carbonyl (C=O) groups is 2. The molecule has 0 spiro atoms. The lowest BCUT2D eigenvalue weighted by Crippen LogP contribution is -2.50. The Morgan fingerprint density at radius 3 is 2.32 bits per heavy atom. The SMILES string of the molecule is COc1ccc(S(=O)(=O)N2CCC[C@H](C)C2)cc1N1CCN(C(=O)[C@H](OC(C)=O)c2ccccc2)CC1. The van der Waals surface area contributed by atoms with Crippen molar-refractivity contribution in [2.45, 2.75) is 37.7 Å². The van der Waals surface area contributed by atoms with E-state index in [2.05, 4.69) is 6.92 Å². The molecule has 0 unspecified atom stereocenters. The van der Waals surface area contributed by atoms with E-state index in [0.717, 1.165) is 12.8 Å². The van der Waals surface area contributed by atoms with Crippen LogP contribution in [0, 0.1) is 5.92 Å². The zero-order valence-electron chi connectivity index (χ0n) is 21.6. The molecule has 9 nitrogen and oxygen atoms in total. The van der Waals surface area contributed by atoms with Crippen LogP contribution in [0.3, 0.4) is 0 Å². The molecule has 0 N–H and O–H groups in total. The number of methoxy groups -OCH3 is 1. The first-order valence-corrected chi connectivity index (χ1v) is 14.1. The number of benzene rings is 2. The molecule has 37 heavy (non-hydrogen) atoms. The topological polar surface area (TPSA) is 96.5 Å². The van der Waals surface area contributed by atoms with Gasteiger partial charge in [0.2, 0.25) is 16.1 Å². The Bertz CT molecular complexity index is 1210. The number of nitrogens with zero attached hydrogens (tertiary/aromatic N) is 3. The van der Waals surface area contributed by atoms with E-state index in [9.17, 15) is 18.0 Å². The molecule has 10 heteroatoms. The zero-order chi connectivity index (χ0) is 26.6. The molecule has 2 aliphatic rings. The van der Waals surface area contributed by atoms with Crippen LogP contribution >= 0.6 is 0 Å². The van der Waals surface area contributed by atoms with Crippen LogP contribution in [-0.2, 0) is 24.3 Å². The summed E-state index contributed by atoms with van der Waals surface area (Å²) in [6.07, 6.45) is 0.891. The number of sulfonamides is 1. The van der Waals surface area contributed by atoms with Crippen LogP contribution in [0.5, 0.6) is 5.75 Å². The average Bonchev–Trinajstić information content (AvgIpc) is 2.91. The molecule has 0 saturated carbocycles. The maximum atomic E-state index is 13.4. The fourth-order valence-corrected chi connectivity index (χ4v) is 6.60. The lowest BCUT2D eigenvalue weighted by atomic mass is 10.0. The highest BCUT2D eigenvalue weighted by Crippen LogP contribution is 2.34. The highest BCUT2D eigenvalue weighted by atomic mass is 32.2. The lowest BCUT2D eigenvalue weighted by molar-refractivity contribution is -0.159. The summed E-state index contributed by atoms with van der Waals surface area (Å²) >= 11 is 0. The van der Waals surface area contributed by atoms with E-state index in [-0.39, 0.29) is 10.8 Å². The van der Waals surface area contributed by atoms with Crippen LogP contribution in [-0.4, -0.2) is 75.9 Å². The molecule has 0 bridgehead atoms. The highest BCUT2D eigenvalue weighted by Gasteiger charge is 2.33. The molecule has 0 aliphatic carbocycles. The second-order valence-corrected chi connectivity index (χ2v) is 11.6. The summed E-state index contributed by atoms with van der Waals surface area (Å²) in [4.78, 5) is 29.0. The Morgan fingerprint density at radius 1 is 1.00 bits per heavy atom. The number of hydrogen-bond donors (Lipinski definition) is 0. The molecular formula is C27H35N3O6S. The average molecular weight is 530 g/mol. The fraction of sp³-hybridized carbons (Fsp3) is 0.481. The van der Waals surface area contributed by atoms with Crippen molar-refractivity contribution in [2.24, 2.45) is 5.92 Å². The molecule has 2 saturated heterocycles. The Labute approximate surface area is 219 Å². The van der Waals surface area contributed by atoms with Gasteiger partial charge < -0.3 is 19.3 Å². The minimum absolute atomic E-state index is 0.245. The van der Waals surface area contributed by atoms with Crippen molar-refractivity contribution in [2.75, 3.05) is 51.3 Å². The summed E-state index contributed by atoms with van der Waals surface area (Å²) in [5.41, 5.74) is 1.30. The van der Waals surface area contributed by atoms with Gasteiger partial charge in [-0.05, 0) is 37.0 Å². The molecule has 2 aromatic rings. The minimum atomic E-state index is -3.62. The van der Waals surface area contributed by atoms with Gasteiger partial charge in [0, 0.05) is 51.8 Å². The molecule has 0 aromatic heterocycles. The van der Waals surface area contributed by atoms with Crippen LogP contribution in [0.4, 0.5) is 5.69 Å². The van der Waals surface area contributed by atoms with E-state index in [1.54, 1.807) is 58.8 Å². The summed E-state index contributed by atoms with van der Waals surface area (Å²) in [6, 6.07) is 13.9. The Morgan fingerprint density at radius 2 is 1.70 bits per heavy atom.